The molecule has 0 radical (unpaired) electrons. The molecular formula is C52H82N4O14. The first-order valence-electron chi connectivity index (χ1n) is 25.8. The zero-order valence-corrected chi connectivity index (χ0v) is 41.6. The van der Waals surface area contributed by atoms with Gasteiger partial charge in [0.1, 0.15) is 38.6 Å². The molecule has 2 saturated heterocycles. The summed E-state index contributed by atoms with van der Waals surface area (Å²) in [5.74, 6) is -0.726. The Morgan fingerprint density at radius 3 is 1.17 bits per heavy atom. The third-order valence-electron chi connectivity index (χ3n) is 12.9. The van der Waals surface area contributed by atoms with E-state index in [4.69, 9.17) is 39.4 Å². The van der Waals surface area contributed by atoms with Gasteiger partial charge >= 0.3 is 11.9 Å². The van der Waals surface area contributed by atoms with Gasteiger partial charge in [0.2, 0.25) is 11.8 Å². The van der Waals surface area contributed by atoms with Crippen molar-refractivity contribution in [3.8, 4) is 23.0 Å². The van der Waals surface area contributed by atoms with Gasteiger partial charge in [-0.2, -0.15) is 0 Å². The first-order chi connectivity index (χ1) is 33.8. The molecule has 2 amide bonds. The molecule has 0 bridgehead atoms. The van der Waals surface area contributed by atoms with Crippen molar-refractivity contribution < 1.29 is 68.8 Å². The fourth-order valence-corrected chi connectivity index (χ4v) is 8.85. The van der Waals surface area contributed by atoms with Crippen molar-refractivity contribution in [2.24, 2.45) is 0 Å². The number of carbonyl (C=O) groups is 4. The van der Waals surface area contributed by atoms with Crippen molar-refractivity contribution in [2.45, 2.75) is 166 Å². The maximum atomic E-state index is 12.6. The lowest BCUT2D eigenvalue weighted by Gasteiger charge is -2.29. The summed E-state index contributed by atoms with van der Waals surface area (Å²) in [4.78, 5) is 49.4. The zero-order chi connectivity index (χ0) is 50.7. The minimum absolute atomic E-state index is 0.0336. The highest BCUT2D eigenvalue weighted by Crippen LogP contribution is 2.35. The number of nitrogens with one attached hydrogen (secondary N) is 2. The van der Waals surface area contributed by atoms with Crippen LogP contribution < -0.4 is 29.6 Å². The smallest absolute Gasteiger partial charge is 0.335 e. The lowest BCUT2D eigenvalue weighted by Crippen LogP contribution is -2.46. The highest BCUT2D eigenvalue weighted by atomic mass is 16.6. The molecule has 0 saturated carbocycles. The highest BCUT2D eigenvalue weighted by molar-refractivity contribution is 5.83. The summed E-state index contributed by atoms with van der Waals surface area (Å²) in [5.41, 5.74) is 1.51. The normalized spacial score (nSPS) is 17.9. The molecule has 394 valence electrons. The largest absolute Gasteiger partial charge is 0.486 e. The monoisotopic (exact) mass is 987 g/mol. The van der Waals surface area contributed by atoms with Crippen LogP contribution >= 0.6 is 0 Å². The number of aliphatic hydroxyl groups is 4. The Morgan fingerprint density at radius 2 is 0.829 bits per heavy atom. The molecular weight excluding hydrogens is 905 g/mol. The van der Waals surface area contributed by atoms with Crippen LogP contribution in [0.3, 0.4) is 0 Å². The molecule has 2 aromatic carbocycles. The number of benzene rings is 2. The number of carbonyl (C=O) groups excluding carboxylic acids is 2. The molecule has 4 aliphatic rings. The summed E-state index contributed by atoms with van der Waals surface area (Å²) in [6.45, 7) is 12.0. The van der Waals surface area contributed by atoms with Crippen LogP contribution in [0.15, 0.2) is 36.4 Å². The number of unbranched alkanes of at least 4 members (excludes halogenated alkanes) is 10. The summed E-state index contributed by atoms with van der Waals surface area (Å²) in [5, 5.41) is 61.0. The zero-order valence-electron chi connectivity index (χ0n) is 41.6. The molecule has 18 nitrogen and oxygen atoms in total. The van der Waals surface area contributed by atoms with Crippen molar-refractivity contribution in [3.63, 3.8) is 0 Å². The number of rotatable bonds is 27. The number of likely N-dealkylation sites (tertiary alicyclic amines) is 2. The van der Waals surface area contributed by atoms with Gasteiger partial charge in [0.25, 0.3) is 0 Å². The van der Waals surface area contributed by atoms with Crippen molar-refractivity contribution in [1.82, 2.24) is 20.4 Å². The number of hydrogen-bond donors (Lipinski definition) is 8. The highest BCUT2D eigenvalue weighted by Gasteiger charge is 2.31. The summed E-state index contributed by atoms with van der Waals surface area (Å²) in [6, 6.07) is 10.4. The van der Waals surface area contributed by atoms with E-state index in [1.54, 1.807) is 0 Å². The second kappa shape index (κ2) is 32.3. The van der Waals surface area contributed by atoms with E-state index in [9.17, 15) is 29.4 Å². The molecule has 0 aromatic heterocycles. The molecule has 6 rings (SSSR count). The van der Waals surface area contributed by atoms with Gasteiger partial charge in [-0.3, -0.25) is 9.59 Å². The van der Waals surface area contributed by atoms with Crippen LogP contribution in [0.2, 0.25) is 0 Å². The summed E-state index contributed by atoms with van der Waals surface area (Å²) >= 11 is 0. The topological polar surface area (TPSA) is 257 Å². The molecule has 70 heavy (non-hydrogen) atoms. The van der Waals surface area contributed by atoms with Crippen molar-refractivity contribution in [3.05, 3.63) is 47.5 Å². The van der Waals surface area contributed by atoms with Crippen LogP contribution in [0.25, 0.3) is 0 Å². The van der Waals surface area contributed by atoms with E-state index in [-0.39, 0.29) is 23.9 Å². The van der Waals surface area contributed by atoms with Crippen LogP contribution in [0.5, 0.6) is 23.0 Å². The third-order valence-corrected chi connectivity index (χ3v) is 12.9. The molecule has 18 heteroatoms. The molecule has 0 aliphatic carbocycles. The Kier molecular flexibility index (Phi) is 26.7. The number of carboxylic acids is 2. The molecule has 8 N–H and O–H groups in total. The Balaban J connectivity index is 0.000000255. The van der Waals surface area contributed by atoms with E-state index < -0.39 is 36.4 Å². The van der Waals surface area contributed by atoms with E-state index in [0.717, 1.165) is 63.0 Å². The maximum absolute atomic E-state index is 12.6. The first kappa shape index (κ1) is 57.9. The average molecular weight is 987 g/mol. The fourth-order valence-electron chi connectivity index (χ4n) is 8.85. The quantitative estimate of drug-likeness (QED) is 0.0513. The SMILES string of the molecule is CCCCCCCCC(=O)N[C@H](CN1CCCC1)[C@H](O)c1ccc2c(c1)OCCO2.CCCCCCCCC(=O)N[C@H](CN1CCCC1)[C@H](O)c1ccc2c(c1)OCCO2.O=C(O)[C@H](O)[C@@H](O)C(=O)O. The third kappa shape index (κ3) is 20.6. The summed E-state index contributed by atoms with van der Waals surface area (Å²) in [6.07, 6.45) is 13.6. The van der Waals surface area contributed by atoms with Gasteiger partial charge in [0, 0.05) is 25.9 Å². The minimum atomic E-state index is -2.27. The maximum Gasteiger partial charge on any atom is 0.335 e. The molecule has 2 fully saturated rings. The lowest BCUT2D eigenvalue weighted by molar-refractivity contribution is -0.165. The van der Waals surface area contributed by atoms with Crippen LogP contribution in [0, 0.1) is 0 Å². The number of aliphatic carboxylic acids is 2. The number of hydrogen-bond acceptors (Lipinski definition) is 14. The molecule has 2 aromatic rings. The van der Waals surface area contributed by atoms with Gasteiger partial charge in [0.15, 0.2) is 35.2 Å². The standard InChI is InChI=1S/2C24H38N2O4.C4H6O6/c2*1-2-3-4-5-6-7-10-23(27)25-20(18-26-13-8-9-14-26)24(28)19-11-12-21-22(17-19)30-16-15-29-21;5-1(3(7)8)2(6)4(9)10/h2*11-12,17,20,24,28H,2-10,13-16,18H2,1H3,(H,25,27);1-2,5-6H,(H,7,8)(H,9,10)/t2*20-,24-;1-,2-/m111/s1. The van der Waals surface area contributed by atoms with Gasteiger partial charge in [-0.15, -0.1) is 0 Å². The van der Waals surface area contributed by atoms with E-state index in [1.807, 2.05) is 36.4 Å². The average Bonchev–Trinajstić information content (AvgIpc) is 4.10. The van der Waals surface area contributed by atoms with E-state index in [2.05, 4.69) is 34.3 Å². The number of ether oxygens (including phenoxy) is 4. The molecule has 6 atom stereocenters. The summed E-state index contributed by atoms with van der Waals surface area (Å²) in [7, 11) is 0. The Morgan fingerprint density at radius 1 is 0.500 bits per heavy atom. The Hall–Kier alpha value is -4.72. The predicted molar refractivity (Wildman–Crippen MR) is 263 cm³/mol. The van der Waals surface area contributed by atoms with Gasteiger partial charge in [-0.05, 0) is 100 Å². The Bertz CT molecular complexity index is 1730. The number of carboxylic acid groups (broad SMARTS) is 2. The fraction of sp³-hybridized carbons (Fsp3) is 0.692. The van der Waals surface area contributed by atoms with E-state index >= 15 is 0 Å². The second-order valence-corrected chi connectivity index (χ2v) is 18.7. The number of amides is 2. The van der Waals surface area contributed by atoms with Gasteiger partial charge in [-0.1, -0.05) is 90.2 Å². The van der Waals surface area contributed by atoms with Crippen molar-refractivity contribution in [2.75, 3.05) is 65.7 Å². The first-order valence-corrected chi connectivity index (χ1v) is 25.8. The van der Waals surface area contributed by atoms with E-state index in [0.29, 0.717) is 75.4 Å². The Labute approximate surface area is 414 Å². The van der Waals surface area contributed by atoms with Gasteiger partial charge < -0.3 is 70.0 Å². The predicted octanol–water partition coefficient (Wildman–Crippen LogP) is 5.52. The number of nitrogens with zero attached hydrogens (tertiary/aromatic N) is 2. The van der Waals surface area contributed by atoms with Crippen LogP contribution in [-0.4, -0.2) is 154 Å². The number of fused-ring (bicyclic) bond motifs is 2. The molecule has 0 spiro atoms. The van der Waals surface area contributed by atoms with Crippen LogP contribution in [-0.2, 0) is 19.2 Å². The van der Waals surface area contributed by atoms with Gasteiger partial charge in [-0.25, -0.2) is 9.59 Å². The second-order valence-electron chi connectivity index (χ2n) is 18.7. The summed E-state index contributed by atoms with van der Waals surface area (Å²) < 4.78 is 22.5. The number of aliphatic hydroxyl groups excluding tert-OH is 4. The van der Waals surface area contributed by atoms with Gasteiger partial charge in [0.05, 0.1) is 12.1 Å². The van der Waals surface area contributed by atoms with Crippen molar-refractivity contribution >= 4 is 23.8 Å². The molecule has 0 unspecified atom stereocenters. The van der Waals surface area contributed by atoms with Crippen LogP contribution in [0.4, 0.5) is 0 Å². The minimum Gasteiger partial charge on any atom is -0.486 e. The van der Waals surface area contributed by atoms with E-state index in [1.165, 1.54) is 77.0 Å². The van der Waals surface area contributed by atoms with Crippen molar-refractivity contribution in [1.29, 1.82) is 0 Å². The molecule has 4 heterocycles. The van der Waals surface area contributed by atoms with Crippen LogP contribution in [0.1, 0.15) is 153 Å². The molecule has 4 aliphatic heterocycles. The lowest BCUT2D eigenvalue weighted by atomic mass is 10.0.